The number of rotatable bonds is 8. The second kappa shape index (κ2) is 9.59. The van der Waals surface area contributed by atoms with Crippen molar-refractivity contribution in [2.45, 2.75) is 25.2 Å². The quantitative estimate of drug-likeness (QED) is 0.622. The molecule has 25 heavy (non-hydrogen) atoms. The lowest BCUT2D eigenvalue weighted by Gasteiger charge is -2.21. The van der Waals surface area contributed by atoms with E-state index in [0.717, 1.165) is 18.3 Å². The van der Waals surface area contributed by atoms with E-state index in [9.17, 15) is 9.59 Å². The van der Waals surface area contributed by atoms with E-state index >= 15 is 0 Å². The number of amides is 1. The Hall–Kier alpha value is -1.84. The average Bonchev–Trinajstić information content (AvgIpc) is 2.62. The molecule has 0 heterocycles. The van der Waals surface area contributed by atoms with Crippen molar-refractivity contribution in [3.63, 3.8) is 0 Å². The van der Waals surface area contributed by atoms with Crippen molar-refractivity contribution < 1.29 is 9.59 Å². The molecular weight excluding hydrogens is 357 g/mol. The molecule has 0 aliphatic rings. The van der Waals surface area contributed by atoms with Crippen LogP contribution in [0.15, 0.2) is 48.5 Å². The van der Waals surface area contributed by atoms with Crippen molar-refractivity contribution in [1.29, 1.82) is 0 Å². The number of nitrogens with zero attached hydrogens (tertiary/aromatic N) is 1. The largest absolute Gasteiger partial charge is 0.345 e. The van der Waals surface area contributed by atoms with Gasteiger partial charge in [0.15, 0.2) is 0 Å². The summed E-state index contributed by atoms with van der Waals surface area (Å²) in [6.07, 6.45) is 2.18. The van der Waals surface area contributed by atoms with E-state index in [4.69, 9.17) is 23.2 Å². The monoisotopic (exact) mass is 377 g/mol. The fourth-order valence-electron chi connectivity index (χ4n) is 2.65. The first-order valence-electron chi connectivity index (χ1n) is 8.17. The van der Waals surface area contributed by atoms with Crippen LogP contribution in [0.25, 0.3) is 0 Å². The van der Waals surface area contributed by atoms with Gasteiger partial charge in [-0.05, 0) is 35.6 Å². The fourth-order valence-corrected chi connectivity index (χ4v) is 2.96. The molecule has 0 fully saturated rings. The van der Waals surface area contributed by atoms with Crippen LogP contribution in [0.3, 0.4) is 0 Å². The predicted molar refractivity (Wildman–Crippen MR) is 102 cm³/mol. The number of hydrogen-bond acceptors (Lipinski definition) is 2. The highest BCUT2D eigenvalue weighted by atomic mass is 35.5. The minimum Gasteiger partial charge on any atom is -0.345 e. The highest BCUT2D eigenvalue weighted by Crippen LogP contribution is 2.30. The van der Waals surface area contributed by atoms with Gasteiger partial charge in [0.2, 0.25) is 5.91 Å². The summed E-state index contributed by atoms with van der Waals surface area (Å²) in [4.78, 5) is 25.3. The molecule has 1 unspecified atom stereocenters. The van der Waals surface area contributed by atoms with Gasteiger partial charge < -0.3 is 9.69 Å². The standard InChI is InChI=1S/C20H21Cl2NO2/c1-23(11-9-15-5-3-2-4-6-15)20(25)14-17(10-12-24)16-7-8-18(21)19(22)13-16/h2-8,12-13,17H,9-11,14H2,1H3. The minimum atomic E-state index is -0.195. The van der Waals surface area contributed by atoms with E-state index in [-0.39, 0.29) is 24.7 Å². The Bertz CT molecular complexity index is 719. The molecule has 0 radical (unpaired) electrons. The topological polar surface area (TPSA) is 37.4 Å². The zero-order valence-electron chi connectivity index (χ0n) is 14.1. The van der Waals surface area contributed by atoms with Crippen molar-refractivity contribution in [2.24, 2.45) is 0 Å². The van der Waals surface area contributed by atoms with Crippen LogP contribution in [0.2, 0.25) is 10.0 Å². The van der Waals surface area contributed by atoms with Gasteiger partial charge in [0, 0.05) is 26.4 Å². The van der Waals surface area contributed by atoms with Crippen LogP contribution in [0, 0.1) is 0 Å². The van der Waals surface area contributed by atoms with Gasteiger partial charge in [0.05, 0.1) is 10.0 Å². The highest BCUT2D eigenvalue weighted by Gasteiger charge is 2.19. The summed E-state index contributed by atoms with van der Waals surface area (Å²) in [6, 6.07) is 15.3. The van der Waals surface area contributed by atoms with Gasteiger partial charge in [0.25, 0.3) is 0 Å². The number of halogens is 2. The van der Waals surface area contributed by atoms with Gasteiger partial charge in [-0.2, -0.15) is 0 Å². The van der Waals surface area contributed by atoms with Gasteiger partial charge in [-0.1, -0.05) is 59.6 Å². The van der Waals surface area contributed by atoms with E-state index in [1.807, 2.05) is 36.4 Å². The Kier molecular flexibility index (Phi) is 7.48. The van der Waals surface area contributed by atoms with Gasteiger partial charge in [-0.25, -0.2) is 0 Å². The van der Waals surface area contributed by atoms with E-state index in [1.165, 1.54) is 5.56 Å². The van der Waals surface area contributed by atoms with E-state index in [0.29, 0.717) is 16.6 Å². The number of likely N-dealkylation sites (N-methyl/N-ethyl adjacent to an activating group) is 1. The van der Waals surface area contributed by atoms with Gasteiger partial charge >= 0.3 is 0 Å². The molecule has 132 valence electrons. The molecule has 0 aliphatic carbocycles. The van der Waals surface area contributed by atoms with Crippen molar-refractivity contribution in [3.05, 3.63) is 69.7 Å². The van der Waals surface area contributed by atoms with Crippen LogP contribution in [0.5, 0.6) is 0 Å². The van der Waals surface area contributed by atoms with Crippen molar-refractivity contribution in [1.82, 2.24) is 4.90 Å². The summed E-state index contributed by atoms with van der Waals surface area (Å²) in [6.45, 7) is 0.637. The Morgan fingerprint density at radius 3 is 2.48 bits per heavy atom. The molecule has 0 aromatic heterocycles. The lowest BCUT2D eigenvalue weighted by molar-refractivity contribution is -0.130. The second-order valence-electron chi connectivity index (χ2n) is 6.03. The molecule has 2 aromatic rings. The first kappa shape index (κ1) is 19.5. The Balaban J connectivity index is 1.98. The Morgan fingerprint density at radius 2 is 1.84 bits per heavy atom. The van der Waals surface area contributed by atoms with Crippen LogP contribution in [-0.4, -0.2) is 30.7 Å². The van der Waals surface area contributed by atoms with Crippen molar-refractivity contribution in [2.75, 3.05) is 13.6 Å². The lowest BCUT2D eigenvalue weighted by Crippen LogP contribution is -2.30. The van der Waals surface area contributed by atoms with Gasteiger partial charge in [0.1, 0.15) is 6.29 Å². The molecule has 1 amide bonds. The zero-order chi connectivity index (χ0) is 18.2. The third-order valence-electron chi connectivity index (χ3n) is 4.22. The second-order valence-corrected chi connectivity index (χ2v) is 6.84. The maximum atomic E-state index is 12.5. The molecule has 0 N–H and O–H groups in total. The normalized spacial score (nSPS) is 11.8. The number of hydrogen-bond donors (Lipinski definition) is 0. The number of benzene rings is 2. The third-order valence-corrected chi connectivity index (χ3v) is 4.96. The molecule has 2 rings (SSSR count). The maximum Gasteiger partial charge on any atom is 0.222 e. The van der Waals surface area contributed by atoms with Crippen LogP contribution in [0.4, 0.5) is 0 Å². The molecule has 1 atom stereocenters. The average molecular weight is 378 g/mol. The molecular formula is C20H21Cl2NO2. The van der Waals surface area contributed by atoms with Crippen molar-refractivity contribution >= 4 is 35.4 Å². The molecule has 0 saturated carbocycles. The Labute approximate surface area is 158 Å². The molecule has 5 heteroatoms. The van der Waals surface area contributed by atoms with Crippen molar-refractivity contribution in [3.8, 4) is 0 Å². The zero-order valence-corrected chi connectivity index (χ0v) is 15.6. The SMILES string of the molecule is CN(CCc1ccccc1)C(=O)CC(CC=O)c1ccc(Cl)c(Cl)c1. The van der Waals surface area contributed by atoms with E-state index in [1.54, 1.807) is 24.1 Å². The maximum absolute atomic E-state index is 12.5. The first-order valence-corrected chi connectivity index (χ1v) is 8.93. The fraction of sp³-hybridized carbons (Fsp3) is 0.300. The predicted octanol–water partition coefficient (Wildman–Crippen LogP) is 4.76. The highest BCUT2D eigenvalue weighted by molar-refractivity contribution is 6.42. The summed E-state index contributed by atoms with van der Waals surface area (Å²) < 4.78 is 0. The summed E-state index contributed by atoms with van der Waals surface area (Å²) in [5.74, 6) is -0.187. The number of aldehydes is 1. The summed E-state index contributed by atoms with van der Waals surface area (Å²) >= 11 is 12.0. The molecule has 3 nitrogen and oxygen atoms in total. The molecule has 0 saturated heterocycles. The third kappa shape index (κ3) is 5.87. The van der Waals surface area contributed by atoms with Gasteiger partial charge in [-0.3, -0.25) is 4.79 Å². The van der Waals surface area contributed by atoms with E-state index in [2.05, 4.69) is 0 Å². The van der Waals surface area contributed by atoms with Crippen LogP contribution in [-0.2, 0) is 16.0 Å². The van der Waals surface area contributed by atoms with E-state index < -0.39 is 0 Å². The molecule has 0 bridgehead atoms. The lowest BCUT2D eigenvalue weighted by atomic mass is 9.92. The van der Waals surface area contributed by atoms with Gasteiger partial charge in [-0.15, -0.1) is 0 Å². The smallest absolute Gasteiger partial charge is 0.222 e. The number of carbonyl (C=O) groups is 2. The van der Waals surface area contributed by atoms with Crippen LogP contribution < -0.4 is 0 Å². The number of carbonyl (C=O) groups excluding carboxylic acids is 2. The Morgan fingerprint density at radius 1 is 1.12 bits per heavy atom. The molecule has 2 aromatic carbocycles. The summed E-state index contributed by atoms with van der Waals surface area (Å²) in [5, 5.41) is 0.890. The first-order chi connectivity index (χ1) is 12.0. The summed E-state index contributed by atoms with van der Waals surface area (Å²) in [7, 11) is 1.79. The van der Waals surface area contributed by atoms with Crippen LogP contribution >= 0.6 is 23.2 Å². The van der Waals surface area contributed by atoms with Crippen LogP contribution in [0.1, 0.15) is 29.9 Å². The molecule has 0 aliphatic heterocycles. The minimum absolute atomic E-state index is 0.00820. The molecule has 0 spiro atoms. The summed E-state index contributed by atoms with van der Waals surface area (Å²) in [5.41, 5.74) is 2.04.